The molecule has 8 bridgehead atoms. The van der Waals surface area contributed by atoms with Crippen molar-refractivity contribution in [2.45, 2.75) is 0 Å². The van der Waals surface area contributed by atoms with Crippen LogP contribution in [0.15, 0.2) is 66.7 Å². The summed E-state index contributed by atoms with van der Waals surface area (Å²) in [7, 11) is 0. The smallest absolute Gasteiger partial charge is 0.189 e. The molecule has 35 heavy (non-hydrogen) atoms. The van der Waals surface area contributed by atoms with Gasteiger partial charge in [-0.1, -0.05) is 30.3 Å². The van der Waals surface area contributed by atoms with Crippen LogP contribution in [-0.2, 0) is 0 Å². The summed E-state index contributed by atoms with van der Waals surface area (Å²) in [5, 5.41) is 0. The molecule has 2 aliphatic rings. The van der Waals surface area contributed by atoms with E-state index in [0.717, 1.165) is 0 Å². The molecule has 0 fully saturated rings. The fourth-order valence-corrected chi connectivity index (χ4v) is 4.07. The lowest BCUT2D eigenvalue weighted by Gasteiger charge is -2.02. The van der Waals surface area contributed by atoms with Crippen molar-refractivity contribution in [1.82, 2.24) is 19.9 Å². The van der Waals surface area contributed by atoms with Crippen LogP contribution in [0.3, 0.4) is 0 Å². The number of nitrogens with zero attached hydrogens (tertiary/aromatic N) is 2. The van der Waals surface area contributed by atoms with Gasteiger partial charge in [-0.05, 0) is 42.0 Å². The van der Waals surface area contributed by atoms with Crippen molar-refractivity contribution in [3.05, 3.63) is 107 Å². The molecule has 4 nitrogen and oxygen atoms in total. The molecule has 2 aliphatic heterocycles. The van der Waals surface area contributed by atoms with Gasteiger partial charge in [0, 0.05) is 22.1 Å². The van der Waals surface area contributed by atoms with Crippen LogP contribution in [-0.4, -0.2) is 19.9 Å². The van der Waals surface area contributed by atoms with Crippen molar-refractivity contribution in [3.63, 3.8) is 0 Å². The maximum atomic E-state index is 15.6. The number of aromatic amines is 2. The second-order valence-electron chi connectivity index (χ2n) is 7.95. The van der Waals surface area contributed by atoms with Crippen molar-refractivity contribution in [2.24, 2.45) is 0 Å². The molecule has 0 spiro atoms. The molecule has 6 rings (SSSR count). The van der Waals surface area contributed by atoms with Crippen molar-refractivity contribution >= 4 is 45.1 Å². The topological polar surface area (TPSA) is 57.4 Å². The number of hydrogen-bond donors (Lipinski definition) is 2. The lowest BCUT2D eigenvalue weighted by molar-refractivity contribution is 0.592. The first-order valence-corrected chi connectivity index (χ1v) is 10.5. The monoisotopic (exact) mass is 476 g/mol. The molecule has 0 radical (unpaired) electrons. The molecule has 5 heterocycles. The van der Waals surface area contributed by atoms with E-state index in [1.165, 1.54) is 18.2 Å². The molecule has 0 saturated heterocycles. The van der Waals surface area contributed by atoms with E-state index >= 15 is 13.2 Å². The zero-order chi connectivity index (χ0) is 24.3. The van der Waals surface area contributed by atoms with Crippen LogP contribution in [0.5, 0.6) is 0 Å². The van der Waals surface area contributed by atoms with Crippen LogP contribution in [0.4, 0.5) is 22.0 Å². The average Bonchev–Trinajstić information content (AvgIpc) is 3.63. The maximum absolute atomic E-state index is 15.6. The van der Waals surface area contributed by atoms with Crippen LogP contribution in [0.25, 0.3) is 45.1 Å². The molecule has 1 aromatic carbocycles. The minimum absolute atomic E-state index is 0.0285. The highest BCUT2D eigenvalue weighted by atomic mass is 19.2. The second-order valence-corrected chi connectivity index (χ2v) is 7.95. The molecule has 2 N–H and O–H groups in total. The fourth-order valence-electron chi connectivity index (χ4n) is 4.07. The Kier molecular flexibility index (Phi) is 4.67. The van der Waals surface area contributed by atoms with Gasteiger partial charge in [0.05, 0.1) is 11.2 Å². The summed E-state index contributed by atoms with van der Waals surface area (Å²) in [6.07, 6.45) is 0. The first-order chi connectivity index (χ1) is 16.9. The Morgan fingerprint density at radius 3 is 1.89 bits per heavy atom. The van der Waals surface area contributed by atoms with Gasteiger partial charge in [-0.2, -0.15) is 0 Å². The van der Waals surface area contributed by atoms with Gasteiger partial charge < -0.3 is 9.97 Å². The third kappa shape index (κ3) is 3.35. The van der Waals surface area contributed by atoms with Gasteiger partial charge in [0.2, 0.25) is 0 Å². The van der Waals surface area contributed by atoms with Crippen LogP contribution in [0.2, 0.25) is 0 Å². The van der Waals surface area contributed by atoms with Crippen molar-refractivity contribution < 1.29 is 22.0 Å². The normalized spacial score (nSPS) is 13.6. The molecule has 0 aliphatic carbocycles. The summed E-state index contributed by atoms with van der Waals surface area (Å²) in [4.78, 5) is 13.4. The van der Waals surface area contributed by atoms with Gasteiger partial charge in [0.1, 0.15) is 17.1 Å². The molecule has 0 unspecified atom stereocenters. The highest BCUT2D eigenvalue weighted by Crippen LogP contribution is 2.40. The first-order valence-electron chi connectivity index (χ1n) is 10.5. The van der Waals surface area contributed by atoms with E-state index in [1.807, 2.05) is 0 Å². The summed E-state index contributed by atoms with van der Waals surface area (Å²) < 4.78 is 75.3. The Hall–Kier alpha value is -4.53. The number of aromatic nitrogens is 4. The Balaban J connectivity index is 1.78. The molecule has 9 heteroatoms. The lowest BCUT2D eigenvalue weighted by Crippen LogP contribution is -1.92. The van der Waals surface area contributed by atoms with Crippen molar-refractivity contribution in [1.29, 1.82) is 0 Å². The van der Waals surface area contributed by atoms with Gasteiger partial charge in [-0.15, -0.1) is 0 Å². The van der Waals surface area contributed by atoms with Crippen molar-refractivity contribution in [3.8, 4) is 0 Å². The number of hydrogen-bond acceptors (Lipinski definition) is 2. The highest BCUT2D eigenvalue weighted by molar-refractivity contribution is 5.98. The molecule has 0 atom stereocenters. The summed E-state index contributed by atoms with van der Waals surface area (Å²) in [5.41, 5.74) is -1.19. The van der Waals surface area contributed by atoms with E-state index in [4.69, 9.17) is 0 Å². The van der Waals surface area contributed by atoms with Crippen molar-refractivity contribution in [2.75, 3.05) is 0 Å². The largest absolute Gasteiger partial charge is 0.355 e. The van der Waals surface area contributed by atoms with Crippen LogP contribution in [0, 0.1) is 11.6 Å². The second kappa shape index (κ2) is 7.76. The van der Waals surface area contributed by atoms with Crippen LogP contribution < -0.4 is 0 Å². The molecule has 0 saturated carbocycles. The van der Waals surface area contributed by atoms with E-state index < -0.39 is 46.2 Å². The molecular weight excluding hydrogens is 463 g/mol. The Morgan fingerprint density at radius 2 is 1.14 bits per heavy atom. The SMILES string of the molecule is FC1=C(c2ccccc2)c2cc3ccc(cc4ccc([nH]4)c(F)c4nc(c(F)c1n2)C(F)=C4F)[nH]3. The number of rotatable bonds is 1. The standard InChI is InChI=1S/C26H13F5N4/c27-19-16-9-8-14(33-16)10-13-6-7-15(32-13)11-17-18(12-4-2-1-3-5-12)20(28)25(34-17)23(31)26-22(30)21(29)24(19)35-26/h1-11,32-33H. The third-order valence-corrected chi connectivity index (χ3v) is 5.71. The Labute approximate surface area is 194 Å². The molecule has 0 amide bonds. The van der Waals surface area contributed by atoms with Gasteiger partial charge in [0.15, 0.2) is 29.1 Å². The van der Waals surface area contributed by atoms with Gasteiger partial charge in [0.25, 0.3) is 0 Å². The highest BCUT2D eigenvalue weighted by Gasteiger charge is 2.32. The minimum Gasteiger partial charge on any atom is -0.355 e. The molecule has 172 valence electrons. The number of halogens is 5. The van der Waals surface area contributed by atoms with Crippen LogP contribution >= 0.6 is 0 Å². The maximum Gasteiger partial charge on any atom is 0.189 e. The predicted octanol–water partition coefficient (Wildman–Crippen LogP) is 7.24. The number of fused-ring (bicyclic) bond motifs is 8. The van der Waals surface area contributed by atoms with E-state index in [2.05, 4.69) is 19.9 Å². The van der Waals surface area contributed by atoms with Crippen LogP contribution in [0.1, 0.15) is 28.3 Å². The number of nitrogens with one attached hydrogen (secondary N) is 2. The first kappa shape index (κ1) is 21.0. The van der Waals surface area contributed by atoms with E-state index in [0.29, 0.717) is 22.1 Å². The Bertz CT molecular complexity index is 1750. The van der Waals surface area contributed by atoms with E-state index in [9.17, 15) is 8.78 Å². The number of H-pyrrole nitrogens is 2. The summed E-state index contributed by atoms with van der Waals surface area (Å²) in [6.45, 7) is 0. The third-order valence-electron chi connectivity index (χ3n) is 5.71. The lowest BCUT2D eigenvalue weighted by atomic mass is 10.0. The predicted molar refractivity (Wildman–Crippen MR) is 123 cm³/mol. The van der Waals surface area contributed by atoms with Gasteiger partial charge >= 0.3 is 0 Å². The average molecular weight is 476 g/mol. The molecule has 3 aromatic heterocycles. The summed E-state index contributed by atoms with van der Waals surface area (Å²) >= 11 is 0. The zero-order valence-corrected chi connectivity index (χ0v) is 17.6. The van der Waals surface area contributed by atoms with E-state index in [1.54, 1.807) is 48.5 Å². The molecule has 4 aromatic rings. The van der Waals surface area contributed by atoms with E-state index in [-0.39, 0.29) is 16.8 Å². The quantitative estimate of drug-likeness (QED) is 0.285. The van der Waals surface area contributed by atoms with Gasteiger partial charge in [-0.25, -0.2) is 31.9 Å². The minimum atomic E-state index is -1.74. The Morgan fingerprint density at radius 1 is 0.543 bits per heavy atom. The van der Waals surface area contributed by atoms with Gasteiger partial charge in [-0.3, -0.25) is 0 Å². The summed E-state index contributed by atoms with van der Waals surface area (Å²) in [6, 6.07) is 17.8. The fraction of sp³-hybridized carbons (Fsp3) is 0. The zero-order valence-electron chi connectivity index (χ0n) is 17.6. The number of benzene rings is 1. The summed E-state index contributed by atoms with van der Waals surface area (Å²) in [5.74, 6) is -7.28. The molecular formula is C26H13F5N4.